The molecule has 1 aliphatic heterocycles. The molecule has 1 fully saturated rings. The fourth-order valence-corrected chi connectivity index (χ4v) is 4.57. The van der Waals surface area contributed by atoms with Gasteiger partial charge in [0.1, 0.15) is 12.1 Å². The number of hydrogen-bond acceptors (Lipinski definition) is 5. The third kappa shape index (κ3) is 3.02. The van der Waals surface area contributed by atoms with E-state index < -0.39 is 11.6 Å². The number of urea groups is 1. The van der Waals surface area contributed by atoms with Crippen LogP contribution in [0.15, 0.2) is 51.4 Å². The standard InChI is InChI=1S/C22H19BrN4O3/c1-22(15-10-9-13-5-4-6-14(13)11-15)20(28)27(21(29)24-22)12-18-25-26-19(30-18)16-7-2-3-8-17(16)23/h2-3,7-11H,4-6,12H2,1H3,(H,24,29)/t22-/m0/s1. The summed E-state index contributed by atoms with van der Waals surface area (Å²) in [5, 5.41) is 10.9. The molecule has 2 heterocycles. The number of aromatic nitrogens is 2. The summed E-state index contributed by atoms with van der Waals surface area (Å²) in [7, 11) is 0. The molecular formula is C22H19BrN4O3. The van der Waals surface area contributed by atoms with Crippen LogP contribution in [-0.2, 0) is 29.7 Å². The molecule has 0 saturated carbocycles. The van der Waals surface area contributed by atoms with E-state index in [0.717, 1.165) is 39.8 Å². The first kappa shape index (κ1) is 19.0. The number of fused-ring (bicyclic) bond motifs is 1. The lowest BCUT2D eigenvalue weighted by atomic mass is 9.90. The van der Waals surface area contributed by atoms with Crippen molar-refractivity contribution in [2.45, 2.75) is 38.3 Å². The second kappa shape index (κ2) is 7.05. The highest BCUT2D eigenvalue weighted by atomic mass is 79.9. The quantitative estimate of drug-likeness (QED) is 0.587. The number of amides is 3. The van der Waals surface area contributed by atoms with Crippen LogP contribution in [0.4, 0.5) is 4.79 Å². The Balaban J connectivity index is 1.40. The highest BCUT2D eigenvalue weighted by molar-refractivity contribution is 9.10. The first-order chi connectivity index (χ1) is 14.5. The van der Waals surface area contributed by atoms with Crippen molar-refractivity contribution in [2.75, 3.05) is 0 Å². The number of imide groups is 1. The van der Waals surface area contributed by atoms with Crippen molar-refractivity contribution in [1.29, 1.82) is 0 Å². The maximum absolute atomic E-state index is 13.2. The molecule has 1 atom stereocenters. The minimum Gasteiger partial charge on any atom is -0.419 e. The maximum Gasteiger partial charge on any atom is 0.325 e. The third-order valence-electron chi connectivity index (χ3n) is 5.82. The summed E-state index contributed by atoms with van der Waals surface area (Å²) in [5.41, 5.74) is 3.01. The number of rotatable bonds is 4. The zero-order valence-electron chi connectivity index (χ0n) is 16.3. The van der Waals surface area contributed by atoms with E-state index in [1.807, 2.05) is 36.4 Å². The van der Waals surface area contributed by atoms with E-state index in [1.54, 1.807) is 6.92 Å². The SMILES string of the molecule is C[C@@]1(c2ccc3c(c2)CCC3)NC(=O)N(Cc2nnc(-c3ccccc3Br)o2)C1=O. The van der Waals surface area contributed by atoms with Crippen molar-refractivity contribution in [3.63, 3.8) is 0 Å². The monoisotopic (exact) mass is 466 g/mol. The molecule has 152 valence electrons. The normalized spacial score (nSPS) is 20.5. The molecule has 0 bridgehead atoms. The number of benzene rings is 2. The molecule has 5 rings (SSSR count). The molecule has 7 nitrogen and oxygen atoms in total. The average molecular weight is 467 g/mol. The molecule has 1 aromatic heterocycles. The molecule has 0 radical (unpaired) electrons. The van der Waals surface area contributed by atoms with E-state index in [1.165, 1.54) is 11.1 Å². The van der Waals surface area contributed by atoms with Gasteiger partial charge in [0.25, 0.3) is 5.91 Å². The van der Waals surface area contributed by atoms with E-state index in [-0.39, 0.29) is 18.3 Å². The van der Waals surface area contributed by atoms with Gasteiger partial charge < -0.3 is 9.73 Å². The predicted octanol–water partition coefficient (Wildman–Crippen LogP) is 3.96. The molecule has 0 unspecified atom stereocenters. The summed E-state index contributed by atoms with van der Waals surface area (Å²) < 4.78 is 6.54. The predicted molar refractivity (Wildman–Crippen MR) is 112 cm³/mol. The van der Waals surface area contributed by atoms with E-state index in [9.17, 15) is 9.59 Å². The Morgan fingerprint density at radius 2 is 1.93 bits per heavy atom. The molecule has 3 aromatic rings. The van der Waals surface area contributed by atoms with Crippen LogP contribution in [0.1, 0.15) is 35.9 Å². The lowest BCUT2D eigenvalue weighted by Gasteiger charge is -2.23. The topological polar surface area (TPSA) is 88.3 Å². The van der Waals surface area contributed by atoms with Gasteiger partial charge >= 0.3 is 6.03 Å². The number of hydrogen-bond donors (Lipinski definition) is 1. The van der Waals surface area contributed by atoms with Gasteiger partial charge in [0.2, 0.25) is 11.8 Å². The lowest BCUT2D eigenvalue weighted by molar-refractivity contribution is -0.131. The Labute approximate surface area is 181 Å². The van der Waals surface area contributed by atoms with E-state index in [4.69, 9.17) is 4.42 Å². The summed E-state index contributed by atoms with van der Waals surface area (Å²) in [4.78, 5) is 27.0. The maximum atomic E-state index is 13.2. The van der Waals surface area contributed by atoms with Crippen LogP contribution in [-0.4, -0.2) is 27.0 Å². The van der Waals surface area contributed by atoms with Crippen LogP contribution in [0.2, 0.25) is 0 Å². The van der Waals surface area contributed by atoms with Crippen molar-refractivity contribution in [3.8, 4) is 11.5 Å². The summed E-state index contributed by atoms with van der Waals surface area (Å²) in [5.74, 6) is 0.194. The molecule has 2 aromatic carbocycles. The van der Waals surface area contributed by atoms with Gasteiger partial charge in [-0.1, -0.05) is 30.3 Å². The summed E-state index contributed by atoms with van der Waals surface area (Å²) in [6, 6.07) is 13.0. The molecule has 3 amide bonds. The van der Waals surface area contributed by atoms with Gasteiger partial charge in [-0.15, -0.1) is 10.2 Å². The van der Waals surface area contributed by atoms with Gasteiger partial charge in [-0.2, -0.15) is 0 Å². The Hall–Kier alpha value is -3.00. The molecule has 30 heavy (non-hydrogen) atoms. The third-order valence-corrected chi connectivity index (χ3v) is 6.51. The Bertz CT molecular complexity index is 1170. The van der Waals surface area contributed by atoms with E-state index >= 15 is 0 Å². The smallest absolute Gasteiger partial charge is 0.325 e. The van der Waals surface area contributed by atoms with Crippen molar-refractivity contribution in [2.24, 2.45) is 0 Å². The van der Waals surface area contributed by atoms with Crippen molar-refractivity contribution < 1.29 is 14.0 Å². The average Bonchev–Trinajstić information content (AvgIpc) is 3.44. The first-order valence-corrected chi connectivity index (χ1v) is 10.6. The van der Waals surface area contributed by atoms with Crippen LogP contribution in [0.5, 0.6) is 0 Å². The van der Waals surface area contributed by atoms with Crippen LogP contribution in [0, 0.1) is 0 Å². The Morgan fingerprint density at radius 3 is 2.77 bits per heavy atom. The largest absolute Gasteiger partial charge is 0.419 e. The zero-order valence-corrected chi connectivity index (χ0v) is 17.9. The summed E-state index contributed by atoms with van der Waals surface area (Å²) in [6.45, 7) is 1.66. The van der Waals surface area contributed by atoms with Crippen LogP contribution in [0.3, 0.4) is 0 Å². The van der Waals surface area contributed by atoms with Crippen LogP contribution >= 0.6 is 15.9 Å². The molecular weight excluding hydrogens is 448 g/mol. The molecule has 1 saturated heterocycles. The van der Waals surface area contributed by atoms with Gasteiger partial charge in [-0.05, 0) is 70.9 Å². The molecule has 0 spiro atoms. The fraction of sp³-hybridized carbons (Fsp3) is 0.273. The number of carbonyl (C=O) groups is 2. The number of carbonyl (C=O) groups excluding carboxylic acids is 2. The molecule has 1 N–H and O–H groups in total. The summed E-state index contributed by atoms with van der Waals surface area (Å²) >= 11 is 3.46. The highest BCUT2D eigenvalue weighted by Crippen LogP contribution is 2.33. The number of aryl methyl sites for hydroxylation is 2. The highest BCUT2D eigenvalue weighted by Gasteiger charge is 2.49. The number of halogens is 1. The van der Waals surface area contributed by atoms with Gasteiger partial charge in [-0.3, -0.25) is 9.69 Å². The van der Waals surface area contributed by atoms with Crippen molar-refractivity contribution in [3.05, 3.63) is 69.5 Å². The van der Waals surface area contributed by atoms with Gasteiger partial charge in [0.15, 0.2) is 0 Å². The fourth-order valence-electron chi connectivity index (χ4n) is 4.12. The zero-order chi connectivity index (χ0) is 20.9. The first-order valence-electron chi connectivity index (χ1n) is 9.79. The molecule has 2 aliphatic rings. The second-order valence-electron chi connectivity index (χ2n) is 7.76. The Kier molecular flexibility index (Phi) is 4.47. The minimum absolute atomic E-state index is 0.0807. The second-order valence-corrected chi connectivity index (χ2v) is 8.62. The van der Waals surface area contributed by atoms with Crippen molar-refractivity contribution >= 4 is 27.9 Å². The van der Waals surface area contributed by atoms with Gasteiger partial charge in [0.05, 0.1) is 5.56 Å². The summed E-state index contributed by atoms with van der Waals surface area (Å²) in [6.07, 6.45) is 3.19. The van der Waals surface area contributed by atoms with E-state index in [2.05, 4.69) is 37.5 Å². The van der Waals surface area contributed by atoms with Gasteiger partial charge in [0, 0.05) is 4.47 Å². The van der Waals surface area contributed by atoms with Crippen molar-refractivity contribution in [1.82, 2.24) is 20.4 Å². The molecule has 8 heteroatoms. The minimum atomic E-state index is -1.11. The number of nitrogens with one attached hydrogen (secondary N) is 1. The molecule has 1 aliphatic carbocycles. The Morgan fingerprint density at radius 1 is 1.13 bits per heavy atom. The lowest BCUT2D eigenvalue weighted by Crippen LogP contribution is -2.41. The van der Waals surface area contributed by atoms with E-state index in [0.29, 0.717) is 5.89 Å². The van der Waals surface area contributed by atoms with Crippen LogP contribution in [0.25, 0.3) is 11.5 Å². The van der Waals surface area contributed by atoms with Crippen LogP contribution < -0.4 is 5.32 Å². The van der Waals surface area contributed by atoms with Gasteiger partial charge in [-0.25, -0.2) is 4.79 Å². The number of nitrogens with zero attached hydrogens (tertiary/aromatic N) is 3.